The molecule has 1 aromatic heterocycles. The van der Waals surface area contributed by atoms with E-state index in [4.69, 9.17) is 11.6 Å². The number of halogens is 1. The predicted octanol–water partition coefficient (Wildman–Crippen LogP) is 2.67. The van der Waals surface area contributed by atoms with Gasteiger partial charge in [0.15, 0.2) is 0 Å². The highest BCUT2D eigenvalue weighted by Crippen LogP contribution is 2.22. The maximum atomic E-state index is 5.96. The van der Waals surface area contributed by atoms with Crippen molar-refractivity contribution in [3.8, 4) is 0 Å². The van der Waals surface area contributed by atoms with Gasteiger partial charge in [0.2, 0.25) is 0 Å². The molecule has 0 aliphatic rings. The van der Waals surface area contributed by atoms with Gasteiger partial charge in [-0.05, 0) is 26.0 Å². The Morgan fingerprint density at radius 2 is 2.15 bits per heavy atom. The van der Waals surface area contributed by atoms with Gasteiger partial charge in [-0.1, -0.05) is 22.9 Å². The van der Waals surface area contributed by atoms with Crippen LogP contribution in [-0.4, -0.2) is 15.0 Å². The molecule has 0 atom stereocenters. The summed E-state index contributed by atoms with van der Waals surface area (Å²) in [4.78, 5) is 0. The lowest BCUT2D eigenvalue weighted by Crippen LogP contribution is -2.02. The molecule has 0 saturated heterocycles. The quantitative estimate of drug-likeness (QED) is 0.701. The minimum atomic E-state index is 0.309. The van der Waals surface area contributed by atoms with E-state index in [0.29, 0.717) is 11.1 Å². The third kappa shape index (κ3) is 1.29. The van der Waals surface area contributed by atoms with Crippen LogP contribution < -0.4 is 0 Å². The zero-order chi connectivity index (χ0) is 9.42. The molecule has 2 rings (SSSR count). The first-order valence-electron chi connectivity index (χ1n) is 4.19. The van der Waals surface area contributed by atoms with Crippen molar-refractivity contribution in [1.82, 2.24) is 15.0 Å². The summed E-state index contributed by atoms with van der Waals surface area (Å²) in [5.41, 5.74) is 1.76. The Kier molecular flexibility index (Phi) is 1.96. The zero-order valence-electron chi connectivity index (χ0n) is 7.53. The van der Waals surface area contributed by atoms with Crippen LogP contribution in [0.25, 0.3) is 11.0 Å². The van der Waals surface area contributed by atoms with Crippen LogP contribution in [0.4, 0.5) is 0 Å². The van der Waals surface area contributed by atoms with Gasteiger partial charge in [0, 0.05) is 6.04 Å². The van der Waals surface area contributed by atoms with Crippen LogP contribution in [0, 0.1) is 0 Å². The number of rotatable bonds is 1. The summed E-state index contributed by atoms with van der Waals surface area (Å²) in [6, 6.07) is 6.01. The maximum absolute atomic E-state index is 5.96. The monoisotopic (exact) mass is 195 g/mol. The van der Waals surface area contributed by atoms with Crippen molar-refractivity contribution in [3.63, 3.8) is 0 Å². The first-order chi connectivity index (χ1) is 6.20. The Morgan fingerprint density at radius 3 is 2.85 bits per heavy atom. The summed E-state index contributed by atoms with van der Waals surface area (Å²) >= 11 is 5.96. The number of benzene rings is 1. The Bertz CT molecular complexity index is 433. The largest absolute Gasteiger partial charge is 0.242 e. The van der Waals surface area contributed by atoms with E-state index in [1.165, 1.54) is 0 Å². The van der Waals surface area contributed by atoms with Crippen LogP contribution in [0.5, 0.6) is 0 Å². The molecule has 68 valence electrons. The summed E-state index contributed by atoms with van der Waals surface area (Å²) in [5, 5.41) is 8.72. The molecular weight excluding hydrogens is 186 g/mol. The second kappa shape index (κ2) is 3.00. The molecule has 1 heterocycles. The van der Waals surface area contributed by atoms with E-state index < -0.39 is 0 Å². The lowest BCUT2D eigenvalue weighted by atomic mass is 10.3. The third-order valence-electron chi connectivity index (χ3n) is 1.94. The van der Waals surface area contributed by atoms with E-state index in [-0.39, 0.29) is 0 Å². The summed E-state index contributed by atoms with van der Waals surface area (Å²) in [5.74, 6) is 0. The van der Waals surface area contributed by atoms with Gasteiger partial charge < -0.3 is 0 Å². The van der Waals surface area contributed by atoms with Crippen molar-refractivity contribution in [2.45, 2.75) is 19.9 Å². The summed E-state index contributed by atoms with van der Waals surface area (Å²) in [6.07, 6.45) is 0. The van der Waals surface area contributed by atoms with Gasteiger partial charge in [0.05, 0.1) is 10.5 Å². The molecule has 0 unspecified atom stereocenters. The fraction of sp³-hybridized carbons (Fsp3) is 0.333. The molecule has 1 aromatic carbocycles. The first kappa shape index (κ1) is 8.51. The minimum absolute atomic E-state index is 0.309. The maximum Gasteiger partial charge on any atom is 0.131 e. The molecule has 0 fully saturated rings. The SMILES string of the molecule is CC(C)n1nnc2c(Cl)cccc21. The van der Waals surface area contributed by atoms with Gasteiger partial charge in [0.25, 0.3) is 0 Å². The number of hydrogen-bond donors (Lipinski definition) is 0. The van der Waals surface area contributed by atoms with E-state index in [1.54, 1.807) is 0 Å². The summed E-state index contributed by atoms with van der Waals surface area (Å²) < 4.78 is 1.86. The van der Waals surface area contributed by atoms with Gasteiger partial charge in [-0.3, -0.25) is 0 Å². The molecule has 0 spiro atoms. The van der Waals surface area contributed by atoms with Gasteiger partial charge >= 0.3 is 0 Å². The molecule has 13 heavy (non-hydrogen) atoms. The van der Waals surface area contributed by atoms with E-state index >= 15 is 0 Å². The van der Waals surface area contributed by atoms with Crippen LogP contribution in [0.2, 0.25) is 5.02 Å². The van der Waals surface area contributed by atoms with Crippen LogP contribution in [-0.2, 0) is 0 Å². The molecule has 0 saturated carbocycles. The molecule has 2 aromatic rings. The van der Waals surface area contributed by atoms with E-state index in [1.807, 2.05) is 22.9 Å². The normalized spacial score (nSPS) is 11.4. The zero-order valence-corrected chi connectivity index (χ0v) is 8.28. The summed E-state index contributed by atoms with van der Waals surface area (Å²) in [7, 11) is 0. The minimum Gasteiger partial charge on any atom is -0.242 e. The Labute approximate surface area is 81.3 Å². The lowest BCUT2D eigenvalue weighted by Gasteiger charge is -2.04. The molecular formula is C9H10ClN3. The van der Waals surface area contributed by atoms with E-state index in [9.17, 15) is 0 Å². The van der Waals surface area contributed by atoms with Crippen LogP contribution in [0.3, 0.4) is 0 Å². The number of nitrogens with zero attached hydrogens (tertiary/aromatic N) is 3. The molecule has 3 nitrogen and oxygen atoms in total. The Morgan fingerprint density at radius 1 is 1.38 bits per heavy atom. The van der Waals surface area contributed by atoms with Gasteiger partial charge in [-0.15, -0.1) is 5.10 Å². The molecule has 0 aliphatic carbocycles. The standard InChI is InChI=1S/C9H10ClN3/c1-6(2)13-8-5-3-4-7(10)9(8)11-12-13/h3-6H,1-2H3. The topological polar surface area (TPSA) is 30.7 Å². The van der Waals surface area contributed by atoms with Gasteiger partial charge in [-0.2, -0.15) is 0 Å². The second-order valence-electron chi connectivity index (χ2n) is 3.24. The van der Waals surface area contributed by atoms with Crippen molar-refractivity contribution in [1.29, 1.82) is 0 Å². The van der Waals surface area contributed by atoms with Crippen molar-refractivity contribution >= 4 is 22.6 Å². The highest BCUT2D eigenvalue weighted by molar-refractivity contribution is 6.34. The van der Waals surface area contributed by atoms with Crippen LogP contribution in [0.1, 0.15) is 19.9 Å². The van der Waals surface area contributed by atoms with Crippen molar-refractivity contribution < 1.29 is 0 Å². The average molecular weight is 196 g/mol. The lowest BCUT2D eigenvalue weighted by molar-refractivity contribution is 0.530. The number of fused-ring (bicyclic) bond motifs is 1. The highest BCUT2D eigenvalue weighted by Gasteiger charge is 2.08. The first-order valence-corrected chi connectivity index (χ1v) is 4.57. The predicted molar refractivity (Wildman–Crippen MR) is 52.9 cm³/mol. The average Bonchev–Trinajstić information content (AvgIpc) is 2.48. The van der Waals surface area contributed by atoms with Gasteiger partial charge in [0.1, 0.15) is 5.52 Å². The van der Waals surface area contributed by atoms with Crippen molar-refractivity contribution in [2.24, 2.45) is 0 Å². The number of aromatic nitrogens is 3. The summed E-state index contributed by atoms with van der Waals surface area (Å²) in [6.45, 7) is 4.13. The molecule has 0 bridgehead atoms. The molecule has 0 amide bonds. The van der Waals surface area contributed by atoms with Crippen LogP contribution in [0.15, 0.2) is 18.2 Å². The second-order valence-corrected chi connectivity index (χ2v) is 3.64. The molecule has 0 N–H and O–H groups in total. The fourth-order valence-corrected chi connectivity index (χ4v) is 1.52. The van der Waals surface area contributed by atoms with E-state index in [0.717, 1.165) is 11.0 Å². The highest BCUT2D eigenvalue weighted by atomic mass is 35.5. The van der Waals surface area contributed by atoms with Crippen molar-refractivity contribution in [2.75, 3.05) is 0 Å². The van der Waals surface area contributed by atoms with Gasteiger partial charge in [-0.25, -0.2) is 4.68 Å². The molecule has 0 aliphatic heterocycles. The van der Waals surface area contributed by atoms with Crippen molar-refractivity contribution in [3.05, 3.63) is 23.2 Å². The fourth-order valence-electron chi connectivity index (χ4n) is 1.31. The third-order valence-corrected chi connectivity index (χ3v) is 2.25. The smallest absolute Gasteiger partial charge is 0.131 e. The van der Waals surface area contributed by atoms with Crippen LogP contribution >= 0.6 is 11.6 Å². The van der Waals surface area contributed by atoms with E-state index in [2.05, 4.69) is 24.2 Å². The molecule has 0 radical (unpaired) electrons. The Balaban J connectivity index is 2.75. The Hall–Kier alpha value is -1.09. The molecule has 4 heteroatoms. The number of hydrogen-bond acceptors (Lipinski definition) is 2.